The number of hydrogen-bond donors (Lipinski definition) is 0. The quantitative estimate of drug-likeness (QED) is 0.253. The van der Waals surface area contributed by atoms with Crippen LogP contribution in [0.1, 0.15) is 0 Å². The Balaban J connectivity index is 5.34. The Hall–Kier alpha value is -3.02. The van der Waals surface area contributed by atoms with E-state index >= 15 is 0 Å². The van der Waals surface area contributed by atoms with Gasteiger partial charge in [0.1, 0.15) is 11.5 Å². The number of rotatable bonds is 10. The summed E-state index contributed by atoms with van der Waals surface area (Å²) in [5, 5.41) is 0. The molecule has 0 aromatic carbocycles. The molecule has 0 N–H and O–H groups in total. The molecular formula is C20H20F4O2. The van der Waals surface area contributed by atoms with E-state index in [0.717, 1.165) is 14.2 Å². The Kier molecular flexibility index (Phi) is 8.91. The highest BCUT2D eigenvalue weighted by Crippen LogP contribution is 2.29. The summed E-state index contributed by atoms with van der Waals surface area (Å²) in [4.78, 5) is 0. The van der Waals surface area contributed by atoms with E-state index in [9.17, 15) is 17.6 Å². The molecule has 0 amide bonds. The van der Waals surface area contributed by atoms with Crippen LogP contribution in [0, 0.1) is 0 Å². The molecule has 0 saturated carbocycles. The minimum Gasteiger partial charge on any atom is -0.494 e. The maximum atomic E-state index is 13.9. The summed E-state index contributed by atoms with van der Waals surface area (Å²) in [6.07, 6.45) is 2.38. The zero-order chi connectivity index (χ0) is 20.6. The second-order valence-corrected chi connectivity index (χ2v) is 4.85. The SMILES string of the molecule is C=C(/C=C\C(=C)C(=C)/C(F)=C(/F)C(=C)OC)C(=C)/C(F)=C(/F)C(=C)OC. The third-order valence-corrected chi connectivity index (χ3v) is 3.16. The molecule has 6 heteroatoms. The fourth-order valence-corrected chi connectivity index (χ4v) is 1.37. The highest BCUT2D eigenvalue weighted by molar-refractivity contribution is 5.53. The summed E-state index contributed by atoms with van der Waals surface area (Å²) in [5.41, 5.74) is -0.848. The number of allylic oxidation sites excluding steroid dienone is 10. The van der Waals surface area contributed by atoms with Crippen LogP contribution < -0.4 is 0 Å². The van der Waals surface area contributed by atoms with Gasteiger partial charge < -0.3 is 9.47 Å². The lowest BCUT2D eigenvalue weighted by atomic mass is 10.0. The summed E-state index contributed by atoms with van der Waals surface area (Å²) >= 11 is 0. The molecule has 0 unspecified atom stereocenters. The van der Waals surface area contributed by atoms with Gasteiger partial charge in [0, 0.05) is 11.1 Å². The lowest BCUT2D eigenvalue weighted by Gasteiger charge is -2.08. The number of hydrogen-bond acceptors (Lipinski definition) is 2. The van der Waals surface area contributed by atoms with Crippen molar-refractivity contribution in [2.75, 3.05) is 14.2 Å². The largest absolute Gasteiger partial charge is 0.494 e. The average molecular weight is 368 g/mol. The van der Waals surface area contributed by atoms with Crippen molar-refractivity contribution in [1.29, 1.82) is 0 Å². The highest BCUT2D eigenvalue weighted by atomic mass is 19.2. The van der Waals surface area contributed by atoms with Crippen molar-refractivity contribution in [2.45, 2.75) is 0 Å². The first-order valence-corrected chi connectivity index (χ1v) is 7.01. The first-order valence-electron chi connectivity index (χ1n) is 7.01. The van der Waals surface area contributed by atoms with E-state index in [1.807, 2.05) is 0 Å². The van der Waals surface area contributed by atoms with E-state index in [0.29, 0.717) is 0 Å². The van der Waals surface area contributed by atoms with E-state index < -0.39 is 34.8 Å². The lowest BCUT2D eigenvalue weighted by molar-refractivity contribution is 0.281. The third-order valence-electron chi connectivity index (χ3n) is 3.16. The van der Waals surface area contributed by atoms with E-state index in [1.165, 1.54) is 12.2 Å². The normalized spacial score (nSPS) is 12.7. The molecule has 0 aromatic rings. The lowest BCUT2D eigenvalue weighted by Crippen LogP contribution is -1.94. The second-order valence-electron chi connectivity index (χ2n) is 4.85. The molecule has 0 aliphatic carbocycles. The highest BCUT2D eigenvalue weighted by Gasteiger charge is 2.16. The number of ether oxygens (including phenoxy) is 2. The van der Waals surface area contributed by atoms with Gasteiger partial charge in [0.2, 0.25) is 11.7 Å². The van der Waals surface area contributed by atoms with Crippen LogP contribution in [0.5, 0.6) is 0 Å². The molecule has 0 spiro atoms. The van der Waals surface area contributed by atoms with Crippen LogP contribution in [-0.2, 0) is 9.47 Å². The summed E-state index contributed by atoms with van der Waals surface area (Å²) in [7, 11) is 2.25. The zero-order valence-corrected chi connectivity index (χ0v) is 14.7. The van der Waals surface area contributed by atoms with Crippen molar-refractivity contribution in [2.24, 2.45) is 0 Å². The Bertz CT molecular complexity index is 701. The molecule has 0 fully saturated rings. The van der Waals surface area contributed by atoms with E-state index in [4.69, 9.17) is 0 Å². The first-order chi connectivity index (χ1) is 12.0. The first kappa shape index (κ1) is 23.0. The van der Waals surface area contributed by atoms with Gasteiger partial charge in [-0.3, -0.25) is 0 Å². The van der Waals surface area contributed by atoms with Crippen molar-refractivity contribution in [1.82, 2.24) is 0 Å². The molecule has 0 radical (unpaired) electrons. The zero-order valence-electron chi connectivity index (χ0n) is 14.7. The Morgan fingerprint density at radius 1 is 0.577 bits per heavy atom. The van der Waals surface area contributed by atoms with Crippen molar-refractivity contribution in [3.05, 3.63) is 109 Å². The Labute approximate surface area is 150 Å². The fourth-order valence-electron chi connectivity index (χ4n) is 1.37. The molecule has 140 valence electrons. The standard InChI is InChI=1S/C20H20F4O2/c1-11(13(3)17(21)19(23)15(5)25-7)9-10-12(2)14(4)18(22)20(24)16(6)26-8/h9-10H,1-6H2,7-8H3/b10-9-,19-17-,20-18-. The van der Waals surface area contributed by atoms with E-state index in [-0.39, 0.29) is 22.3 Å². The fraction of sp³-hybridized carbons (Fsp3) is 0.100. The average Bonchev–Trinajstić information content (AvgIpc) is 2.66. The summed E-state index contributed by atoms with van der Waals surface area (Å²) < 4.78 is 64.1. The monoisotopic (exact) mass is 368 g/mol. The van der Waals surface area contributed by atoms with Crippen LogP contribution in [0.2, 0.25) is 0 Å². The molecule has 0 aromatic heterocycles. The molecule has 2 nitrogen and oxygen atoms in total. The predicted molar refractivity (Wildman–Crippen MR) is 96.5 cm³/mol. The maximum Gasteiger partial charge on any atom is 0.200 e. The molecule has 0 heterocycles. The molecule has 0 rings (SSSR count). The van der Waals surface area contributed by atoms with Gasteiger partial charge in [0.05, 0.1) is 14.2 Å². The van der Waals surface area contributed by atoms with Gasteiger partial charge in [0.15, 0.2) is 11.7 Å². The van der Waals surface area contributed by atoms with Gasteiger partial charge in [-0.2, -0.15) is 8.78 Å². The Morgan fingerprint density at radius 3 is 1.08 bits per heavy atom. The van der Waals surface area contributed by atoms with E-state index in [1.54, 1.807) is 0 Å². The van der Waals surface area contributed by atoms with Gasteiger partial charge in [-0.15, -0.1) is 0 Å². The van der Waals surface area contributed by atoms with Crippen molar-refractivity contribution in [3.8, 4) is 0 Å². The predicted octanol–water partition coefficient (Wildman–Crippen LogP) is 6.39. The van der Waals surface area contributed by atoms with Crippen LogP contribution in [-0.4, -0.2) is 14.2 Å². The summed E-state index contributed by atoms with van der Waals surface area (Å²) in [6, 6.07) is 0. The molecular weight excluding hydrogens is 348 g/mol. The molecule has 0 saturated heterocycles. The maximum absolute atomic E-state index is 13.9. The van der Waals surface area contributed by atoms with Gasteiger partial charge in [-0.25, -0.2) is 8.78 Å². The third kappa shape index (κ3) is 5.81. The number of methoxy groups -OCH3 is 2. The van der Waals surface area contributed by atoms with Crippen LogP contribution >= 0.6 is 0 Å². The minimum atomic E-state index is -1.33. The Morgan fingerprint density at radius 2 is 0.846 bits per heavy atom. The van der Waals surface area contributed by atoms with Gasteiger partial charge in [0.25, 0.3) is 0 Å². The molecule has 26 heavy (non-hydrogen) atoms. The topological polar surface area (TPSA) is 18.5 Å². The molecule has 0 aliphatic rings. The summed E-state index contributed by atoms with van der Waals surface area (Å²) in [5.74, 6) is -6.32. The van der Waals surface area contributed by atoms with Gasteiger partial charge in [-0.1, -0.05) is 51.6 Å². The second kappa shape index (κ2) is 10.1. The molecule has 0 atom stereocenters. The minimum absolute atomic E-state index is 0.0401. The van der Waals surface area contributed by atoms with E-state index in [2.05, 4.69) is 48.9 Å². The van der Waals surface area contributed by atoms with Crippen molar-refractivity contribution < 1.29 is 27.0 Å². The van der Waals surface area contributed by atoms with Crippen LogP contribution in [0.15, 0.2) is 109 Å². The number of halogens is 4. The van der Waals surface area contributed by atoms with Crippen LogP contribution in [0.3, 0.4) is 0 Å². The molecule has 0 aliphatic heterocycles. The van der Waals surface area contributed by atoms with Crippen LogP contribution in [0.25, 0.3) is 0 Å². The van der Waals surface area contributed by atoms with Crippen molar-refractivity contribution >= 4 is 0 Å². The molecule has 0 bridgehead atoms. The summed E-state index contributed by atoms with van der Waals surface area (Å²) in [6.45, 7) is 20.1. The van der Waals surface area contributed by atoms with Gasteiger partial charge in [-0.05, 0) is 11.1 Å². The van der Waals surface area contributed by atoms with Crippen molar-refractivity contribution in [3.63, 3.8) is 0 Å². The van der Waals surface area contributed by atoms with Gasteiger partial charge >= 0.3 is 0 Å². The van der Waals surface area contributed by atoms with Crippen LogP contribution in [0.4, 0.5) is 17.6 Å². The smallest absolute Gasteiger partial charge is 0.200 e.